The number of hydrogen-bond donors (Lipinski definition) is 1. The number of benzene rings is 1. The number of nitrogens with zero attached hydrogens (tertiary/aromatic N) is 3. The van der Waals surface area contributed by atoms with E-state index < -0.39 is 0 Å². The SMILES string of the molecule is CC1CN(C(=O)C(C)N2CCN(c3ccccc3O)CC2)CC(C)O1. The van der Waals surface area contributed by atoms with Crippen LogP contribution in [0.25, 0.3) is 0 Å². The largest absolute Gasteiger partial charge is 0.506 e. The molecule has 3 atom stereocenters. The van der Waals surface area contributed by atoms with Crippen LogP contribution in [0.2, 0.25) is 0 Å². The summed E-state index contributed by atoms with van der Waals surface area (Å²) in [5.41, 5.74) is 0.872. The maximum Gasteiger partial charge on any atom is 0.239 e. The van der Waals surface area contributed by atoms with Crippen molar-refractivity contribution in [3.8, 4) is 5.75 Å². The van der Waals surface area contributed by atoms with Gasteiger partial charge < -0.3 is 19.6 Å². The minimum atomic E-state index is -0.121. The Kier molecular flexibility index (Phi) is 5.49. The van der Waals surface area contributed by atoms with Crippen molar-refractivity contribution < 1.29 is 14.6 Å². The summed E-state index contributed by atoms with van der Waals surface area (Å²) >= 11 is 0. The number of carbonyl (C=O) groups excluding carboxylic acids is 1. The second-order valence-corrected chi connectivity index (χ2v) is 7.19. The summed E-state index contributed by atoms with van der Waals surface area (Å²) < 4.78 is 5.73. The van der Waals surface area contributed by atoms with Crippen LogP contribution in [-0.4, -0.2) is 78.3 Å². The second-order valence-electron chi connectivity index (χ2n) is 7.19. The van der Waals surface area contributed by atoms with E-state index in [1.807, 2.05) is 43.9 Å². The van der Waals surface area contributed by atoms with Crippen LogP contribution in [0, 0.1) is 0 Å². The summed E-state index contributed by atoms with van der Waals surface area (Å²) in [4.78, 5) is 19.2. The van der Waals surface area contributed by atoms with E-state index in [2.05, 4.69) is 9.80 Å². The number of hydrogen-bond acceptors (Lipinski definition) is 5. The topological polar surface area (TPSA) is 56.3 Å². The molecule has 2 saturated heterocycles. The van der Waals surface area contributed by atoms with Crippen molar-refractivity contribution in [1.29, 1.82) is 0 Å². The Morgan fingerprint density at radius 1 is 1.12 bits per heavy atom. The van der Waals surface area contributed by atoms with Gasteiger partial charge in [0.1, 0.15) is 5.75 Å². The highest BCUT2D eigenvalue weighted by Gasteiger charge is 2.32. The minimum Gasteiger partial charge on any atom is -0.506 e. The Morgan fingerprint density at radius 2 is 1.72 bits per heavy atom. The molecule has 6 nitrogen and oxygen atoms in total. The van der Waals surface area contributed by atoms with Crippen LogP contribution in [0.5, 0.6) is 5.75 Å². The number of aromatic hydroxyl groups is 1. The fraction of sp³-hybridized carbons (Fsp3) is 0.632. The number of carbonyl (C=O) groups is 1. The minimum absolute atomic E-state index is 0.0952. The molecule has 0 aromatic heterocycles. The van der Waals surface area contributed by atoms with Gasteiger partial charge >= 0.3 is 0 Å². The van der Waals surface area contributed by atoms with E-state index >= 15 is 0 Å². The molecule has 1 aromatic rings. The van der Waals surface area contributed by atoms with Crippen LogP contribution in [0.15, 0.2) is 24.3 Å². The molecule has 0 spiro atoms. The zero-order valence-corrected chi connectivity index (χ0v) is 15.4. The van der Waals surface area contributed by atoms with Crippen molar-refractivity contribution in [3.05, 3.63) is 24.3 Å². The van der Waals surface area contributed by atoms with Gasteiger partial charge in [0, 0.05) is 39.3 Å². The normalized spacial score (nSPS) is 26.5. The van der Waals surface area contributed by atoms with Crippen LogP contribution < -0.4 is 4.90 Å². The van der Waals surface area contributed by atoms with Crippen LogP contribution in [0.4, 0.5) is 5.69 Å². The molecule has 138 valence electrons. The van der Waals surface area contributed by atoms with Crippen LogP contribution >= 0.6 is 0 Å². The Labute approximate surface area is 150 Å². The predicted octanol–water partition coefficient (Wildman–Crippen LogP) is 1.54. The lowest BCUT2D eigenvalue weighted by Gasteiger charge is -2.42. The standard InChI is InChI=1S/C19H29N3O3/c1-14-12-22(13-15(2)25-14)19(24)16(3)20-8-10-21(11-9-20)17-6-4-5-7-18(17)23/h4-7,14-16,23H,8-13H2,1-3H3. The van der Waals surface area contributed by atoms with E-state index in [0.717, 1.165) is 31.9 Å². The number of para-hydroxylation sites is 2. The molecule has 25 heavy (non-hydrogen) atoms. The summed E-state index contributed by atoms with van der Waals surface area (Å²) in [7, 11) is 0. The van der Waals surface area contributed by atoms with Gasteiger partial charge in [0.05, 0.1) is 23.9 Å². The van der Waals surface area contributed by atoms with Gasteiger partial charge in [-0.15, -0.1) is 0 Å². The number of morpholine rings is 1. The number of amides is 1. The summed E-state index contributed by atoms with van der Waals surface area (Å²) in [5.74, 6) is 0.509. The van der Waals surface area contributed by atoms with Gasteiger partial charge in [0.15, 0.2) is 0 Å². The number of rotatable bonds is 3. The Balaban J connectivity index is 1.57. The van der Waals surface area contributed by atoms with Crippen molar-refractivity contribution in [3.63, 3.8) is 0 Å². The first-order chi connectivity index (χ1) is 12.0. The van der Waals surface area contributed by atoms with Gasteiger partial charge in [-0.05, 0) is 32.9 Å². The molecule has 2 aliphatic heterocycles. The maximum absolute atomic E-state index is 12.9. The number of anilines is 1. The number of piperazine rings is 1. The van der Waals surface area contributed by atoms with Crippen molar-refractivity contribution in [2.24, 2.45) is 0 Å². The fourth-order valence-corrected chi connectivity index (χ4v) is 3.86. The van der Waals surface area contributed by atoms with E-state index in [1.54, 1.807) is 6.07 Å². The second kappa shape index (κ2) is 7.62. The van der Waals surface area contributed by atoms with Gasteiger partial charge in [-0.2, -0.15) is 0 Å². The summed E-state index contributed by atoms with van der Waals surface area (Å²) in [6, 6.07) is 7.31. The smallest absolute Gasteiger partial charge is 0.239 e. The molecule has 2 aliphatic rings. The van der Waals surface area contributed by atoms with Gasteiger partial charge in [0.25, 0.3) is 0 Å². The fourth-order valence-electron chi connectivity index (χ4n) is 3.86. The van der Waals surface area contributed by atoms with E-state index in [1.165, 1.54) is 0 Å². The first kappa shape index (κ1) is 18.0. The molecule has 1 aromatic carbocycles. The van der Waals surface area contributed by atoms with Crippen LogP contribution in [0.1, 0.15) is 20.8 Å². The van der Waals surface area contributed by atoms with Crippen LogP contribution in [-0.2, 0) is 9.53 Å². The Morgan fingerprint density at radius 3 is 2.32 bits per heavy atom. The molecule has 3 rings (SSSR count). The van der Waals surface area contributed by atoms with Gasteiger partial charge in [-0.3, -0.25) is 9.69 Å². The van der Waals surface area contributed by atoms with Crippen molar-refractivity contribution in [2.75, 3.05) is 44.2 Å². The molecule has 0 aliphatic carbocycles. The lowest BCUT2D eigenvalue weighted by atomic mass is 10.1. The highest BCUT2D eigenvalue weighted by atomic mass is 16.5. The highest BCUT2D eigenvalue weighted by Crippen LogP contribution is 2.27. The predicted molar refractivity (Wildman–Crippen MR) is 97.9 cm³/mol. The zero-order chi connectivity index (χ0) is 18.0. The number of phenolic OH excluding ortho intramolecular Hbond substituents is 1. The quantitative estimate of drug-likeness (QED) is 0.899. The first-order valence-electron chi connectivity index (χ1n) is 9.17. The van der Waals surface area contributed by atoms with E-state index in [9.17, 15) is 9.90 Å². The summed E-state index contributed by atoms with van der Waals surface area (Å²) in [5, 5.41) is 10.0. The molecule has 2 heterocycles. The van der Waals surface area contributed by atoms with Crippen LogP contribution in [0.3, 0.4) is 0 Å². The molecule has 0 bridgehead atoms. The third-order valence-corrected chi connectivity index (χ3v) is 5.17. The third kappa shape index (κ3) is 4.07. The summed E-state index contributed by atoms with van der Waals surface area (Å²) in [6.07, 6.45) is 0.190. The molecule has 2 fully saturated rings. The van der Waals surface area contributed by atoms with Crippen molar-refractivity contribution in [2.45, 2.75) is 39.0 Å². The monoisotopic (exact) mass is 347 g/mol. The van der Waals surface area contributed by atoms with Gasteiger partial charge in [-0.25, -0.2) is 0 Å². The first-order valence-corrected chi connectivity index (χ1v) is 9.17. The molecule has 1 N–H and O–H groups in total. The van der Waals surface area contributed by atoms with Gasteiger partial charge in [-0.1, -0.05) is 12.1 Å². The van der Waals surface area contributed by atoms with Crippen molar-refractivity contribution >= 4 is 11.6 Å². The highest BCUT2D eigenvalue weighted by molar-refractivity contribution is 5.81. The lowest BCUT2D eigenvalue weighted by Crippen LogP contribution is -2.57. The molecule has 1 amide bonds. The van der Waals surface area contributed by atoms with E-state index in [0.29, 0.717) is 18.8 Å². The average molecular weight is 347 g/mol. The zero-order valence-electron chi connectivity index (χ0n) is 15.4. The molecular formula is C19H29N3O3. The molecular weight excluding hydrogens is 318 g/mol. The number of ether oxygens (including phenoxy) is 1. The van der Waals surface area contributed by atoms with Gasteiger partial charge in [0.2, 0.25) is 5.91 Å². The third-order valence-electron chi connectivity index (χ3n) is 5.17. The van der Waals surface area contributed by atoms with E-state index in [-0.39, 0.29) is 24.2 Å². The molecule has 3 unspecified atom stereocenters. The molecule has 0 radical (unpaired) electrons. The lowest BCUT2D eigenvalue weighted by molar-refractivity contribution is -0.148. The summed E-state index contributed by atoms with van der Waals surface area (Å²) in [6.45, 7) is 10.6. The van der Waals surface area contributed by atoms with E-state index in [4.69, 9.17) is 4.74 Å². The maximum atomic E-state index is 12.9. The Hall–Kier alpha value is -1.79. The Bertz CT molecular complexity index is 591. The molecule has 0 saturated carbocycles. The molecule has 6 heteroatoms. The number of phenols is 1. The average Bonchev–Trinajstić information content (AvgIpc) is 2.60. The van der Waals surface area contributed by atoms with Crippen molar-refractivity contribution in [1.82, 2.24) is 9.80 Å².